The van der Waals surface area contributed by atoms with Crippen LogP contribution >= 0.6 is 0 Å². The first-order valence-electron chi connectivity index (χ1n) is 19.2. The molecule has 11 aromatic rings. The lowest BCUT2D eigenvalue weighted by Crippen LogP contribution is -2.09. The summed E-state index contributed by atoms with van der Waals surface area (Å²) in [5.41, 5.74) is 14.5. The van der Waals surface area contributed by atoms with Crippen molar-refractivity contribution >= 4 is 60.9 Å². The van der Waals surface area contributed by atoms with Gasteiger partial charge in [-0.3, -0.25) is 0 Å². The molecule has 0 atom stereocenters. The van der Waals surface area contributed by atoms with Gasteiger partial charge in [0.1, 0.15) is 16.7 Å². The molecule has 2 aromatic heterocycles. The molecular formula is C53H34N2O2. The highest BCUT2D eigenvalue weighted by atomic mass is 16.3. The van der Waals surface area contributed by atoms with Crippen molar-refractivity contribution in [2.45, 2.75) is 0 Å². The Labute approximate surface area is 329 Å². The second-order valence-electron chi connectivity index (χ2n) is 14.4. The van der Waals surface area contributed by atoms with Gasteiger partial charge in [-0.15, -0.1) is 0 Å². The highest BCUT2D eigenvalue weighted by Crippen LogP contribution is 2.44. The van der Waals surface area contributed by atoms with Crippen molar-refractivity contribution in [3.05, 3.63) is 206 Å². The quantitative estimate of drug-likeness (QED) is 0.164. The monoisotopic (exact) mass is 730 g/mol. The van der Waals surface area contributed by atoms with E-state index < -0.39 is 0 Å². The van der Waals surface area contributed by atoms with Crippen LogP contribution in [-0.2, 0) is 0 Å². The van der Waals surface area contributed by atoms with E-state index in [2.05, 4.69) is 187 Å². The molecule has 11 rings (SSSR count). The average molecular weight is 731 g/mol. The number of benzene rings is 9. The van der Waals surface area contributed by atoms with Crippen LogP contribution in [0.1, 0.15) is 0 Å². The average Bonchev–Trinajstić information content (AvgIpc) is 3.90. The number of hydrogen-bond donors (Lipinski definition) is 0. The Morgan fingerprint density at radius 3 is 1.68 bits per heavy atom. The van der Waals surface area contributed by atoms with E-state index in [-0.39, 0.29) is 0 Å². The van der Waals surface area contributed by atoms with Gasteiger partial charge in [-0.1, -0.05) is 127 Å². The van der Waals surface area contributed by atoms with E-state index in [0.717, 1.165) is 88.7 Å². The summed E-state index contributed by atoms with van der Waals surface area (Å²) >= 11 is 0. The minimum absolute atomic E-state index is 0.620. The van der Waals surface area contributed by atoms with E-state index in [1.165, 1.54) is 11.1 Å². The van der Waals surface area contributed by atoms with Crippen LogP contribution in [0.25, 0.3) is 88.6 Å². The van der Waals surface area contributed by atoms with E-state index in [1.54, 1.807) is 0 Å². The number of furan rings is 1. The number of oxazole rings is 1. The summed E-state index contributed by atoms with van der Waals surface area (Å²) in [6.45, 7) is 0. The van der Waals surface area contributed by atoms with Gasteiger partial charge in [0, 0.05) is 38.8 Å². The third kappa shape index (κ3) is 5.83. The minimum atomic E-state index is 0.620. The predicted molar refractivity (Wildman–Crippen MR) is 235 cm³/mol. The maximum Gasteiger partial charge on any atom is 0.227 e. The molecule has 4 heteroatoms. The molecule has 57 heavy (non-hydrogen) atoms. The first-order valence-corrected chi connectivity index (χ1v) is 19.2. The van der Waals surface area contributed by atoms with Crippen LogP contribution in [0.4, 0.5) is 17.1 Å². The zero-order valence-electron chi connectivity index (χ0n) is 30.8. The van der Waals surface area contributed by atoms with Crippen molar-refractivity contribution in [2.24, 2.45) is 0 Å². The van der Waals surface area contributed by atoms with Crippen LogP contribution in [0.5, 0.6) is 0 Å². The lowest BCUT2D eigenvalue weighted by molar-refractivity contribution is 0.620. The minimum Gasteiger partial charge on any atom is -0.455 e. The van der Waals surface area contributed by atoms with Gasteiger partial charge in [0.15, 0.2) is 5.58 Å². The number of anilines is 3. The first-order chi connectivity index (χ1) is 28.2. The predicted octanol–water partition coefficient (Wildman–Crippen LogP) is 15.0. The smallest absolute Gasteiger partial charge is 0.227 e. The van der Waals surface area contributed by atoms with Gasteiger partial charge in [0.25, 0.3) is 0 Å². The summed E-state index contributed by atoms with van der Waals surface area (Å²) < 4.78 is 12.8. The Bertz CT molecular complexity index is 3170. The van der Waals surface area contributed by atoms with E-state index in [0.29, 0.717) is 5.89 Å². The van der Waals surface area contributed by atoms with Gasteiger partial charge in [-0.05, 0) is 118 Å². The summed E-state index contributed by atoms with van der Waals surface area (Å²) in [5.74, 6) is 0.620. The summed E-state index contributed by atoms with van der Waals surface area (Å²) in [7, 11) is 0. The summed E-state index contributed by atoms with van der Waals surface area (Å²) in [6, 6.07) is 72.4. The molecule has 0 bridgehead atoms. The number of rotatable bonds is 7. The largest absolute Gasteiger partial charge is 0.455 e. The molecule has 0 aliphatic carbocycles. The van der Waals surface area contributed by atoms with E-state index >= 15 is 0 Å². The highest BCUT2D eigenvalue weighted by molar-refractivity contribution is 6.21. The third-order valence-corrected chi connectivity index (χ3v) is 10.9. The van der Waals surface area contributed by atoms with Gasteiger partial charge in [-0.25, -0.2) is 4.98 Å². The Morgan fingerprint density at radius 1 is 0.368 bits per heavy atom. The molecule has 0 saturated heterocycles. The molecule has 0 radical (unpaired) electrons. The standard InChI is InChI=1S/C53H34N2O2/c1-3-11-35(12-4-1)36-23-28-43(29-24-36)55(42-14-5-2-6-15-42)44-30-25-38(26-31-44)46-34-41-13-7-8-16-45(41)52-51(46)47-33-40(27-32-49(47)56-52)37-19-21-39(22-20-37)53-54-48-17-9-10-18-50(48)57-53/h1-34H. The number of nitrogens with zero attached hydrogens (tertiary/aromatic N) is 2. The molecule has 0 saturated carbocycles. The first kappa shape index (κ1) is 32.7. The molecule has 0 N–H and O–H groups in total. The maximum absolute atomic E-state index is 6.71. The van der Waals surface area contributed by atoms with Crippen molar-refractivity contribution in [3.63, 3.8) is 0 Å². The van der Waals surface area contributed by atoms with Crippen molar-refractivity contribution in [1.29, 1.82) is 0 Å². The lowest BCUT2D eigenvalue weighted by Gasteiger charge is -2.26. The number of hydrogen-bond acceptors (Lipinski definition) is 4. The van der Waals surface area contributed by atoms with E-state index in [9.17, 15) is 0 Å². The van der Waals surface area contributed by atoms with Gasteiger partial charge in [-0.2, -0.15) is 0 Å². The van der Waals surface area contributed by atoms with Crippen LogP contribution in [0.15, 0.2) is 215 Å². The van der Waals surface area contributed by atoms with Gasteiger partial charge in [0.2, 0.25) is 5.89 Å². The van der Waals surface area contributed by atoms with Gasteiger partial charge >= 0.3 is 0 Å². The SMILES string of the molecule is c1ccc(-c2ccc(N(c3ccccc3)c3ccc(-c4cc5ccccc5c5oc6ccc(-c7ccc(-c8nc9ccccc9o8)cc7)cc6c45)cc3)cc2)cc1. The maximum atomic E-state index is 6.71. The number of para-hydroxylation sites is 3. The van der Waals surface area contributed by atoms with Crippen LogP contribution < -0.4 is 4.90 Å². The van der Waals surface area contributed by atoms with Crippen molar-refractivity contribution in [2.75, 3.05) is 4.90 Å². The van der Waals surface area contributed by atoms with Crippen LogP contribution in [0.3, 0.4) is 0 Å². The highest BCUT2D eigenvalue weighted by Gasteiger charge is 2.19. The molecular weight excluding hydrogens is 697 g/mol. The van der Waals surface area contributed by atoms with E-state index in [1.807, 2.05) is 24.3 Å². The fourth-order valence-electron chi connectivity index (χ4n) is 8.07. The fourth-order valence-corrected chi connectivity index (χ4v) is 8.07. The van der Waals surface area contributed by atoms with Crippen molar-refractivity contribution in [3.8, 4) is 44.8 Å². The van der Waals surface area contributed by atoms with Crippen molar-refractivity contribution in [1.82, 2.24) is 4.98 Å². The van der Waals surface area contributed by atoms with Gasteiger partial charge < -0.3 is 13.7 Å². The Balaban J connectivity index is 0.997. The van der Waals surface area contributed by atoms with Gasteiger partial charge in [0.05, 0.1) is 0 Å². The lowest BCUT2D eigenvalue weighted by atomic mass is 9.94. The van der Waals surface area contributed by atoms with Crippen molar-refractivity contribution < 1.29 is 8.83 Å². The molecule has 2 heterocycles. The van der Waals surface area contributed by atoms with E-state index in [4.69, 9.17) is 13.8 Å². The fraction of sp³-hybridized carbons (Fsp3) is 0. The third-order valence-electron chi connectivity index (χ3n) is 10.9. The molecule has 0 aliphatic heterocycles. The molecule has 0 amide bonds. The molecule has 268 valence electrons. The molecule has 0 aliphatic rings. The molecule has 0 spiro atoms. The van der Waals surface area contributed by atoms with Crippen LogP contribution in [-0.4, -0.2) is 4.98 Å². The normalized spacial score (nSPS) is 11.5. The zero-order valence-corrected chi connectivity index (χ0v) is 30.8. The Hall–Kier alpha value is -7.69. The molecule has 9 aromatic carbocycles. The zero-order chi connectivity index (χ0) is 37.7. The molecule has 4 nitrogen and oxygen atoms in total. The second-order valence-corrected chi connectivity index (χ2v) is 14.4. The molecule has 0 unspecified atom stereocenters. The topological polar surface area (TPSA) is 42.4 Å². The van der Waals surface area contributed by atoms with Crippen LogP contribution in [0.2, 0.25) is 0 Å². The number of fused-ring (bicyclic) bond motifs is 6. The molecule has 0 fully saturated rings. The summed E-state index contributed by atoms with van der Waals surface area (Å²) in [6.07, 6.45) is 0. The Morgan fingerprint density at radius 2 is 0.930 bits per heavy atom. The second kappa shape index (κ2) is 13.6. The number of aromatic nitrogens is 1. The summed E-state index contributed by atoms with van der Waals surface area (Å²) in [5, 5.41) is 4.43. The summed E-state index contributed by atoms with van der Waals surface area (Å²) in [4.78, 5) is 7.00. The Kier molecular flexibility index (Phi) is 7.78. The van der Waals surface area contributed by atoms with Crippen LogP contribution in [0, 0.1) is 0 Å².